The van der Waals surface area contributed by atoms with E-state index in [1.165, 1.54) is 19.3 Å². The van der Waals surface area contributed by atoms with Crippen LogP contribution in [-0.2, 0) is 0 Å². The molecule has 8 heteroatoms. The van der Waals surface area contributed by atoms with Crippen LogP contribution in [0.1, 0.15) is 19.3 Å². The van der Waals surface area contributed by atoms with E-state index in [0.29, 0.717) is 24.6 Å². The topological polar surface area (TPSA) is 95.1 Å². The number of carbonyl (C=O) groups is 1. The Bertz CT molecular complexity index is 656. The summed E-state index contributed by atoms with van der Waals surface area (Å²) in [6.45, 7) is 3.15. The lowest BCUT2D eigenvalue weighted by molar-refractivity contribution is 0.252. The number of nitrogens with one attached hydrogen (secondary N) is 3. The molecule has 0 spiro atoms. The quantitative estimate of drug-likeness (QED) is 0.697. The fraction of sp³-hybridized carbons (Fsp3) is 0.412. The number of piperidine rings is 1. The zero-order chi connectivity index (χ0) is 17.3. The second-order valence-corrected chi connectivity index (χ2v) is 5.85. The Morgan fingerprint density at radius 3 is 2.64 bits per heavy atom. The van der Waals surface area contributed by atoms with Gasteiger partial charge < -0.3 is 20.9 Å². The predicted octanol–water partition coefficient (Wildman–Crippen LogP) is 2.10. The van der Waals surface area contributed by atoms with Crippen molar-refractivity contribution in [1.82, 2.24) is 20.3 Å². The van der Waals surface area contributed by atoms with E-state index in [4.69, 9.17) is 0 Å². The molecular weight excluding hydrogens is 318 g/mol. The Labute approximate surface area is 147 Å². The molecule has 1 saturated heterocycles. The molecule has 0 atom stereocenters. The average molecular weight is 341 g/mol. The SMILES string of the molecule is O=C(NCCNc1cnccn1)Nc1ccc(N2CCCCC2)nc1. The lowest BCUT2D eigenvalue weighted by Crippen LogP contribution is -2.33. The number of hydrogen-bond donors (Lipinski definition) is 3. The van der Waals surface area contributed by atoms with Crippen LogP contribution in [0, 0.1) is 0 Å². The summed E-state index contributed by atoms with van der Waals surface area (Å²) in [5, 5.41) is 8.64. The van der Waals surface area contributed by atoms with Crippen LogP contribution in [0.4, 0.5) is 22.1 Å². The highest BCUT2D eigenvalue weighted by Gasteiger charge is 2.11. The molecule has 3 rings (SSSR count). The van der Waals surface area contributed by atoms with Crippen molar-refractivity contribution in [3.05, 3.63) is 36.9 Å². The van der Waals surface area contributed by atoms with Crippen LogP contribution >= 0.6 is 0 Å². The van der Waals surface area contributed by atoms with Crippen molar-refractivity contribution < 1.29 is 4.79 Å². The zero-order valence-corrected chi connectivity index (χ0v) is 14.1. The number of urea groups is 1. The second-order valence-electron chi connectivity index (χ2n) is 5.85. The minimum Gasteiger partial charge on any atom is -0.367 e. The van der Waals surface area contributed by atoms with E-state index in [0.717, 1.165) is 18.9 Å². The van der Waals surface area contributed by atoms with Crippen LogP contribution in [0.25, 0.3) is 0 Å². The fourth-order valence-corrected chi connectivity index (χ4v) is 2.70. The van der Waals surface area contributed by atoms with Gasteiger partial charge in [0.1, 0.15) is 11.6 Å². The van der Waals surface area contributed by atoms with Gasteiger partial charge >= 0.3 is 6.03 Å². The molecule has 0 aliphatic carbocycles. The Hall–Kier alpha value is -2.90. The molecule has 2 aromatic heterocycles. The normalized spacial score (nSPS) is 14.0. The first kappa shape index (κ1) is 16.9. The van der Waals surface area contributed by atoms with Crippen LogP contribution in [-0.4, -0.2) is 47.2 Å². The first-order valence-corrected chi connectivity index (χ1v) is 8.57. The highest BCUT2D eigenvalue weighted by atomic mass is 16.2. The summed E-state index contributed by atoms with van der Waals surface area (Å²) in [7, 11) is 0. The van der Waals surface area contributed by atoms with E-state index in [-0.39, 0.29) is 6.03 Å². The van der Waals surface area contributed by atoms with Crippen molar-refractivity contribution >= 4 is 23.4 Å². The summed E-state index contributed by atoms with van der Waals surface area (Å²) in [6, 6.07) is 3.58. The molecule has 2 amide bonds. The largest absolute Gasteiger partial charge is 0.367 e. The maximum absolute atomic E-state index is 11.9. The van der Waals surface area contributed by atoms with E-state index in [9.17, 15) is 4.79 Å². The van der Waals surface area contributed by atoms with E-state index in [1.807, 2.05) is 12.1 Å². The number of nitrogens with zero attached hydrogens (tertiary/aromatic N) is 4. The standard InChI is InChI=1S/C17H23N7O/c25-17(21-9-8-20-15-13-18-6-7-19-15)23-14-4-5-16(22-12-14)24-10-2-1-3-11-24/h4-7,12-13H,1-3,8-11H2,(H,19,20)(H2,21,23,25). The lowest BCUT2D eigenvalue weighted by Gasteiger charge is -2.27. The van der Waals surface area contributed by atoms with E-state index in [1.54, 1.807) is 24.8 Å². The third-order valence-corrected chi connectivity index (χ3v) is 3.97. The molecule has 0 radical (unpaired) electrons. The van der Waals surface area contributed by atoms with Crippen LogP contribution in [0.2, 0.25) is 0 Å². The predicted molar refractivity (Wildman–Crippen MR) is 97.8 cm³/mol. The molecular formula is C17H23N7O. The fourth-order valence-electron chi connectivity index (χ4n) is 2.70. The molecule has 132 valence electrons. The Morgan fingerprint density at radius 1 is 1.04 bits per heavy atom. The number of aromatic nitrogens is 3. The number of pyridine rings is 1. The van der Waals surface area contributed by atoms with Gasteiger partial charge in [-0.3, -0.25) is 4.98 Å². The van der Waals surface area contributed by atoms with Crippen LogP contribution < -0.4 is 20.9 Å². The van der Waals surface area contributed by atoms with Crippen LogP contribution in [0.3, 0.4) is 0 Å². The van der Waals surface area contributed by atoms with E-state index in [2.05, 4.69) is 35.8 Å². The van der Waals surface area contributed by atoms with Crippen molar-refractivity contribution in [1.29, 1.82) is 0 Å². The molecule has 0 unspecified atom stereocenters. The molecule has 1 aliphatic heterocycles. The molecule has 0 bridgehead atoms. The van der Waals surface area contributed by atoms with Gasteiger partial charge in [0.15, 0.2) is 0 Å². The lowest BCUT2D eigenvalue weighted by atomic mass is 10.1. The van der Waals surface area contributed by atoms with Gasteiger partial charge in [-0.2, -0.15) is 0 Å². The first-order valence-electron chi connectivity index (χ1n) is 8.57. The minimum atomic E-state index is -0.256. The van der Waals surface area contributed by atoms with Gasteiger partial charge in [-0.1, -0.05) is 0 Å². The monoisotopic (exact) mass is 341 g/mol. The third kappa shape index (κ3) is 5.30. The van der Waals surface area contributed by atoms with Crippen LogP contribution in [0.5, 0.6) is 0 Å². The smallest absolute Gasteiger partial charge is 0.319 e. The molecule has 0 aromatic carbocycles. The Morgan fingerprint density at radius 2 is 1.92 bits per heavy atom. The van der Waals surface area contributed by atoms with Gasteiger partial charge in [-0.25, -0.2) is 14.8 Å². The maximum Gasteiger partial charge on any atom is 0.319 e. The number of amides is 2. The molecule has 1 fully saturated rings. The Balaban J connectivity index is 1.38. The van der Waals surface area contributed by atoms with Gasteiger partial charge in [0.25, 0.3) is 0 Å². The summed E-state index contributed by atoms with van der Waals surface area (Å²) < 4.78 is 0. The summed E-state index contributed by atoms with van der Waals surface area (Å²) in [5.41, 5.74) is 0.681. The van der Waals surface area contributed by atoms with Crippen molar-refractivity contribution in [2.24, 2.45) is 0 Å². The number of rotatable bonds is 6. The zero-order valence-electron chi connectivity index (χ0n) is 14.1. The van der Waals surface area contributed by atoms with Crippen molar-refractivity contribution in [2.75, 3.05) is 41.7 Å². The second kappa shape index (κ2) is 8.81. The number of carbonyl (C=O) groups excluding carboxylic acids is 1. The van der Waals surface area contributed by atoms with Gasteiger partial charge in [0, 0.05) is 38.6 Å². The van der Waals surface area contributed by atoms with E-state index >= 15 is 0 Å². The van der Waals surface area contributed by atoms with Gasteiger partial charge in [0.05, 0.1) is 18.1 Å². The first-order chi connectivity index (χ1) is 12.3. The average Bonchev–Trinajstić information content (AvgIpc) is 2.67. The highest BCUT2D eigenvalue weighted by molar-refractivity contribution is 5.89. The molecule has 25 heavy (non-hydrogen) atoms. The molecule has 2 aromatic rings. The van der Waals surface area contributed by atoms with Crippen LogP contribution in [0.15, 0.2) is 36.9 Å². The van der Waals surface area contributed by atoms with Crippen molar-refractivity contribution in [3.8, 4) is 0 Å². The van der Waals surface area contributed by atoms with Gasteiger partial charge in [0.2, 0.25) is 0 Å². The highest BCUT2D eigenvalue weighted by Crippen LogP contribution is 2.18. The molecule has 1 aliphatic rings. The van der Waals surface area contributed by atoms with E-state index < -0.39 is 0 Å². The summed E-state index contributed by atoms with van der Waals surface area (Å²) in [6.07, 6.45) is 10.3. The molecule has 3 heterocycles. The third-order valence-electron chi connectivity index (χ3n) is 3.97. The summed E-state index contributed by atoms with van der Waals surface area (Å²) in [5.74, 6) is 1.65. The maximum atomic E-state index is 11.9. The number of anilines is 3. The van der Waals surface area contributed by atoms with Crippen molar-refractivity contribution in [3.63, 3.8) is 0 Å². The molecule has 8 nitrogen and oxygen atoms in total. The molecule has 0 saturated carbocycles. The van der Waals surface area contributed by atoms with Gasteiger partial charge in [-0.15, -0.1) is 0 Å². The minimum absolute atomic E-state index is 0.256. The molecule has 3 N–H and O–H groups in total. The Kier molecular flexibility index (Phi) is 5.97. The summed E-state index contributed by atoms with van der Waals surface area (Å²) >= 11 is 0. The summed E-state index contributed by atoms with van der Waals surface area (Å²) in [4.78, 5) is 26.7. The number of hydrogen-bond acceptors (Lipinski definition) is 6. The van der Waals surface area contributed by atoms with Crippen molar-refractivity contribution in [2.45, 2.75) is 19.3 Å². The van der Waals surface area contributed by atoms with Gasteiger partial charge in [-0.05, 0) is 31.4 Å².